The number of ether oxygens (including phenoxy) is 1. The first-order chi connectivity index (χ1) is 11.5. The third kappa shape index (κ3) is 8.08. The van der Waals surface area contributed by atoms with Crippen LogP contribution in [-0.2, 0) is 20.7 Å². The lowest BCUT2D eigenvalue weighted by Crippen LogP contribution is -2.44. The first-order valence-corrected chi connectivity index (χ1v) is 8.86. The zero-order valence-electron chi connectivity index (χ0n) is 14.9. The summed E-state index contributed by atoms with van der Waals surface area (Å²) in [4.78, 5) is 23.7. The summed E-state index contributed by atoms with van der Waals surface area (Å²) >= 11 is 12.0. The van der Waals surface area contributed by atoms with E-state index in [0.29, 0.717) is 16.5 Å². The number of benzene rings is 1. The second-order valence-electron chi connectivity index (χ2n) is 6.99. The maximum atomic E-state index is 12.3. The number of halogens is 2. The molecule has 1 rings (SSSR count). The van der Waals surface area contributed by atoms with Crippen LogP contribution in [-0.4, -0.2) is 35.2 Å². The topological polar surface area (TPSA) is 75.6 Å². The van der Waals surface area contributed by atoms with E-state index in [9.17, 15) is 14.7 Å². The van der Waals surface area contributed by atoms with Crippen LogP contribution in [0.15, 0.2) is 18.2 Å². The van der Waals surface area contributed by atoms with Crippen molar-refractivity contribution in [2.45, 2.75) is 52.2 Å². The first kappa shape index (κ1) is 21.7. The van der Waals surface area contributed by atoms with E-state index in [1.165, 1.54) is 0 Å². The number of amides is 1. The fourth-order valence-corrected chi connectivity index (χ4v) is 2.65. The second-order valence-corrected chi connectivity index (χ2v) is 7.83. The minimum Gasteiger partial charge on any atom is -0.480 e. The van der Waals surface area contributed by atoms with Crippen LogP contribution in [0.5, 0.6) is 0 Å². The number of nitrogens with one attached hydrogen (secondary N) is 1. The molecule has 7 heteroatoms. The molecule has 0 saturated heterocycles. The predicted molar refractivity (Wildman–Crippen MR) is 99.2 cm³/mol. The Morgan fingerprint density at radius 3 is 2.44 bits per heavy atom. The summed E-state index contributed by atoms with van der Waals surface area (Å²) in [5, 5.41) is 12.9. The third-order valence-electron chi connectivity index (χ3n) is 3.54. The molecule has 0 heterocycles. The molecule has 2 N–H and O–H groups in total. The molecule has 1 amide bonds. The van der Waals surface area contributed by atoms with Crippen molar-refractivity contribution in [1.29, 1.82) is 0 Å². The molecule has 0 aliphatic carbocycles. The number of rotatable bonds is 8. The molecule has 2 atom stereocenters. The summed E-state index contributed by atoms with van der Waals surface area (Å²) in [6, 6.07) is 4.10. The quantitative estimate of drug-likeness (QED) is 0.705. The second kappa shape index (κ2) is 9.41. The molecule has 2 unspecified atom stereocenters. The maximum Gasteiger partial charge on any atom is 0.326 e. The molecule has 25 heavy (non-hydrogen) atoms. The Balaban J connectivity index is 2.62. The summed E-state index contributed by atoms with van der Waals surface area (Å²) in [5.74, 6) is -1.85. The van der Waals surface area contributed by atoms with Gasteiger partial charge in [-0.1, -0.05) is 36.2 Å². The lowest BCUT2D eigenvalue weighted by molar-refractivity contribution is -0.143. The van der Waals surface area contributed by atoms with E-state index < -0.39 is 17.9 Å². The lowest BCUT2D eigenvalue weighted by atomic mass is 9.99. The van der Waals surface area contributed by atoms with Gasteiger partial charge >= 0.3 is 5.97 Å². The van der Waals surface area contributed by atoms with Crippen molar-refractivity contribution in [3.63, 3.8) is 0 Å². The number of carboxylic acid groups (broad SMARTS) is 1. The SMILES string of the molecule is CC(Cc1ccc(Cl)cc1Cl)C(=O)NC(CCOC(C)(C)C)C(=O)O. The minimum atomic E-state index is -1.08. The highest BCUT2D eigenvalue weighted by Gasteiger charge is 2.24. The Hall–Kier alpha value is -1.30. The first-order valence-electron chi connectivity index (χ1n) is 8.10. The van der Waals surface area contributed by atoms with Crippen molar-refractivity contribution >= 4 is 35.1 Å². The molecule has 0 aliphatic heterocycles. The van der Waals surface area contributed by atoms with Gasteiger partial charge in [-0.15, -0.1) is 0 Å². The van der Waals surface area contributed by atoms with Crippen LogP contribution in [0.1, 0.15) is 39.7 Å². The molecule has 0 fully saturated rings. The van der Waals surface area contributed by atoms with E-state index in [4.69, 9.17) is 27.9 Å². The number of aliphatic carboxylic acids is 1. The van der Waals surface area contributed by atoms with Crippen molar-refractivity contribution in [2.24, 2.45) is 5.92 Å². The average molecular weight is 390 g/mol. The molecule has 140 valence electrons. The number of hydrogen-bond acceptors (Lipinski definition) is 3. The van der Waals surface area contributed by atoms with Crippen molar-refractivity contribution < 1.29 is 19.4 Å². The Morgan fingerprint density at radius 2 is 1.92 bits per heavy atom. The van der Waals surface area contributed by atoms with Crippen LogP contribution in [0, 0.1) is 5.92 Å². The average Bonchev–Trinajstić information content (AvgIpc) is 2.47. The number of carbonyl (C=O) groups is 2. The van der Waals surface area contributed by atoms with Gasteiger partial charge in [0.15, 0.2) is 0 Å². The van der Waals surface area contributed by atoms with Gasteiger partial charge in [-0.05, 0) is 44.9 Å². The monoisotopic (exact) mass is 389 g/mol. The molecule has 0 aliphatic rings. The molecular formula is C18H25Cl2NO4. The smallest absolute Gasteiger partial charge is 0.326 e. The van der Waals surface area contributed by atoms with E-state index in [0.717, 1.165) is 5.56 Å². The van der Waals surface area contributed by atoms with Gasteiger partial charge < -0.3 is 15.2 Å². The summed E-state index contributed by atoms with van der Waals surface area (Å²) < 4.78 is 5.53. The van der Waals surface area contributed by atoms with Gasteiger partial charge in [0.05, 0.1) is 5.60 Å². The van der Waals surface area contributed by atoms with Gasteiger partial charge in [0.25, 0.3) is 0 Å². The highest BCUT2D eigenvalue weighted by atomic mass is 35.5. The zero-order chi connectivity index (χ0) is 19.2. The van der Waals surface area contributed by atoms with Crippen molar-refractivity contribution in [3.05, 3.63) is 33.8 Å². The van der Waals surface area contributed by atoms with E-state index in [2.05, 4.69) is 5.32 Å². The van der Waals surface area contributed by atoms with Gasteiger partial charge in [0, 0.05) is 29.0 Å². The van der Waals surface area contributed by atoms with Gasteiger partial charge in [-0.2, -0.15) is 0 Å². The van der Waals surface area contributed by atoms with Crippen molar-refractivity contribution in [1.82, 2.24) is 5.32 Å². The fraction of sp³-hybridized carbons (Fsp3) is 0.556. The standard InChI is InChI=1S/C18H25Cl2NO4/c1-11(9-12-5-6-13(19)10-14(12)20)16(22)21-15(17(23)24)7-8-25-18(2,3)4/h5-6,10-11,15H,7-9H2,1-4H3,(H,21,22)(H,23,24). The molecule has 0 aromatic heterocycles. The van der Waals surface area contributed by atoms with Gasteiger partial charge in [-0.25, -0.2) is 4.79 Å². The van der Waals surface area contributed by atoms with E-state index in [-0.39, 0.29) is 24.5 Å². The largest absolute Gasteiger partial charge is 0.480 e. The molecule has 5 nitrogen and oxygen atoms in total. The van der Waals surface area contributed by atoms with Crippen LogP contribution < -0.4 is 5.32 Å². The summed E-state index contributed by atoms with van der Waals surface area (Å²) in [5.41, 5.74) is 0.433. The predicted octanol–water partition coefficient (Wildman–Crippen LogP) is 3.95. The number of carboxylic acids is 1. The van der Waals surface area contributed by atoms with Crippen LogP contribution >= 0.6 is 23.2 Å². The van der Waals surface area contributed by atoms with Gasteiger partial charge in [0.1, 0.15) is 6.04 Å². The molecule has 1 aromatic carbocycles. The molecular weight excluding hydrogens is 365 g/mol. The summed E-state index contributed by atoms with van der Waals surface area (Å²) in [6.07, 6.45) is 0.597. The lowest BCUT2D eigenvalue weighted by Gasteiger charge is -2.22. The maximum absolute atomic E-state index is 12.3. The summed E-state index contributed by atoms with van der Waals surface area (Å²) in [7, 11) is 0. The van der Waals surface area contributed by atoms with E-state index >= 15 is 0 Å². The normalized spacial score (nSPS) is 14.0. The van der Waals surface area contributed by atoms with E-state index in [1.54, 1.807) is 25.1 Å². The van der Waals surface area contributed by atoms with Crippen LogP contribution in [0.2, 0.25) is 10.0 Å². The van der Waals surface area contributed by atoms with Crippen LogP contribution in [0.25, 0.3) is 0 Å². The van der Waals surface area contributed by atoms with E-state index in [1.807, 2.05) is 20.8 Å². The number of hydrogen-bond donors (Lipinski definition) is 2. The molecule has 0 radical (unpaired) electrons. The highest BCUT2D eigenvalue weighted by Crippen LogP contribution is 2.23. The Kier molecular flexibility index (Phi) is 8.19. The molecule has 0 saturated carbocycles. The minimum absolute atomic E-state index is 0.201. The van der Waals surface area contributed by atoms with Crippen molar-refractivity contribution in [3.8, 4) is 0 Å². The molecule has 1 aromatic rings. The highest BCUT2D eigenvalue weighted by molar-refractivity contribution is 6.35. The molecule has 0 bridgehead atoms. The zero-order valence-corrected chi connectivity index (χ0v) is 16.4. The van der Waals surface area contributed by atoms with Gasteiger partial charge in [0.2, 0.25) is 5.91 Å². The Morgan fingerprint density at radius 1 is 1.28 bits per heavy atom. The Labute approximate surface area is 158 Å². The molecule has 0 spiro atoms. The third-order valence-corrected chi connectivity index (χ3v) is 4.13. The number of carbonyl (C=O) groups excluding carboxylic acids is 1. The van der Waals surface area contributed by atoms with Crippen LogP contribution in [0.3, 0.4) is 0 Å². The Bertz CT molecular complexity index is 614. The summed E-state index contributed by atoms with van der Waals surface area (Å²) in [6.45, 7) is 7.64. The van der Waals surface area contributed by atoms with Crippen molar-refractivity contribution in [2.75, 3.05) is 6.61 Å². The van der Waals surface area contributed by atoms with Crippen LogP contribution in [0.4, 0.5) is 0 Å². The van der Waals surface area contributed by atoms with Gasteiger partial charge in [-0.3, -0.25) is 4.79 Å². The fourth-order valence-electron chi connectivity index (χ4n) is 2.16.